The summed E-state index contributed by atoms with van der Waals surface area (Å²) in [7, 11) is 1.56. The van der Waals surface area contributed by atoms with E-state index in [0.717, 1.165) is 31.4 Å². The van der Waals surface area contributed by atoms with E-state index in [1.54, 1.807) is 16.6 Å². The van der Waals surface area contributed by atoms with Crippen LogP contribution in [0.1, 0.15) is 49.0 Å². The maximum atomic E-state index is 13.0. The number of methoxy groups -OCH3 is 1. The Balaban J connectivity index is 1.49. The fourth-order valence-electron chi connectivity index (χ4n) is 4.06. The molecule has 1 aliphatic carbocycles. The molecule has 1 unspecified atom stereocenters. The smallest absolute Gasteiger partial charge is 0.383 e. The van der Waals surface area contributed by atoms with E-state index in [0.29, 0.717) is 38.5 Å². The highest BCUT2D eigenvalue weighted by atomic mass is 19.4. The van der Waals surface area contributed by atoms with E-state index in [4.69, 9.17) is 4.74 Å². The van der Waals surface area contributed by atoms with Crippen LogP contribution in [0.3, 0.4) is 0 Å². The number of likely N-dealkylation sites (tertiary alicyclic amines) is 1. The Kier molecular flexibility index (Phi) is 6.27. The number of rotatable bonds is 6. The molecule has 2 heterocycles. The Morgan fingerprint density at radius 3 is 2.75 bits per heavy atom. The van der Waals surface area contributed by atoms with Crippen LogP contribution in [0.25, 0.3) is 0 Å². The minimum absolute atomic E-state index is 0.0886. The summed E-state index contributed by atoms with van der Waals surface area (Å²) in [6, 6.07) is 4.25. The molecule has 8 nitrogen and oxygen atoms in total. The standard InChI is InChI=1S/C21H26F3N5O3/c1-32-11-10-28-20(31)29(17-7-8-17)18(26-28)14-4-3-9-27(13-14)19(30)25-16-6-2-5-15(12-16)21(22,23)24/h2,5-6,12,14,17H,3-4,7-11,13H2,1H3,(H,25,30). The molecule has 11 heteroatoms. The van der Waals surface area contributed by atoms with Crippen molar-refractivity contribution in [3.63, 3.8) is 0 Å². The SMILES string of the molecule is COCCn1nc(C2CCCN(C(=O)Nc3cccc(C(F)(F)F)c3)C2)n(C2CC2)c1=O. The van der Waals surface area contributed by atoms with Gasteiger partial charge in [0.25, 0.3) is 0 Å². The summed E-state index contributed by atoms with van der Waals surface area (Å²) in [5.41, 5.74) is -0.891. The van der Waals surface area contributed by atoms with E-state index in [1.165, 1.54) is 16.8 Å². The minimum atomic E-state index is -4.48. The molecule has 1 atom stereocenters. The van der Waals surface area contributed by atoms with Gasteiger partial charge in [-0.3, -0.25) is 4.57 Å². The van der Waals surface area contributed by atoms with Gasteiger partial charge in [-0.2, -0.15) is 18.3 Å². The van der Waals surface area contributed by atoms with Crippen LogP contribution in [-0.4, -0.2) is 52.1 Å². The second kappa shape index (κ2) is 8.97. The Bertz CT molecular complexity index is 1030. The molecule has 0 radical (unpaired) electrons. The Morgan fingerprint density at radius 2 is 2.06 bits per heavy atom. The second-order valence-electron chi connectivity index (χ2n) is 8.25. The van der Waals surface area contributed by atoms with Crippen molar-refractivity contribution < 1.29 is 22.7 Å². The third-order valence-corrected chi connectivity index (χ3v) is 5.83. The molecule has 0 bridgehead atoms. The molecule has 2 aliphatic rings. The van der Waals surface area contributed by atoms with Gasteiger partial charge in [-0.25, -0.2) is 14.3 Å². The maximum absolute atomic E-state index is 13.0. The lowest BCUT2D eigenvalue weighted by molar-refractivity contribution is -0.137. The third kappa shape index (κ3) is 4.82. The van der Waals surface area contributed by atoms with E-state index in [2.05, 4.69) is 10.4 Å². The van der Waals surface area contributed by atoms with Crippen LogP contribution in [0.2, 0.25) is 0 Å². The normalized spacial score (nSPS) is 19.2. The van der Waals surface area contributed by atoms with Gasteiger partial charge >= 0.3 is 17.9 Å². The van der Waals surface area contributed by atoms with Crippen molar-refractivity contribution in [2.75, 3.05) is 32.1 Å². The number of halogens is 3. The number of amides is 2. The molecule has 1 saturated carbocycles. The van der Waals surface area contributed by atoms with E-state index < -0.39 is 17.8 Å². The molecule has 0 spiro atoms. The lowest BCUT2D eigenvalue weighted by Gasteiger charge is -2.32. The van der Waals surface area contributed by atoms with Gasteiger partial charge < -0.3 is 15.0 Å². The van der Waals surface area contributed by atoms with E-state index >= 15 is 0 Å². The van der Waals surface area contributed by atoms with Crippen molar-refractivity contribution in [2.24, 2.45) is 0 Å². The highest BCUT2D eigenvalue weighted by Crippen LogP contribution is 2.37. The lowest BCUT2D eigenvalue weighted by atomic mass is 9.97. The van der Waals surface area contributed by atoms with Crippen molar-refractivity contribution in [1.82, 2.24) is 19.2 Å². The van der Waals surface area contributed by atoms with Crippen molar-refractivity contribution >= 4 is 11.7 Å². The number of nitrogens with one attached hydrogen (secondary N) is 1. The topological polar surface area (TPSA) is 81.4 Å². The monoisotopic (exact) mass is 453 g/mol. The quantitative estimate of drug-likeness (QED) is 0.727. The van der Waals surface area contributed by atoms with Crippen LogP contribution in [-0.2, 0) is 17.5 Å². The molecular weight excluding hydrogens is 427 g/mol. The van der Waals surface area contributed by atoms with Gasteiger partial charge in [-0.15, -0.1) is 0 Å². The summed E-state index contributed by atoms with van der Waals surface area (Å²) in [5, 5.41) is 7.12. The first-order valence-corrected chi connectivity index (χ1v) is 10.7. The highest BCUT2D eigenvalue weighted by Gasteiger charge is 2.35. The van der Waals surface area contributed by atoms with Crippen molar-refractivity contribution in [1.29, 1.82) is 0 Å². The molecule has 2 aromatic rings. The molecule has 174 valence electrons. The summed E-state index contributed by atoms with van der Waals surface area (Å²) in [5.74, 6) is 0.554. The molecule has 1 saturated heterocycles. The second-order valence-corrected chi connectivity index (χ2v) is 8.25. The number of hydrogen-bond donors (Lipinski definition) is 1. The number of anilines is 1. The lowest BCUT2D eigenvalue weighted by Crippen LogP contribution is -2.42. The van der Waals surface area contributed by atoms with Crippen LogP contribution in [0.4, 0.5) is 23.7 Å². The fourth-order valence-corrected chi connectivity index (χ4v) is 4.06. The zero-order valence-electron chi connectivity index (χ0n) is 17.8. The largest absolute Gasteiger partial charge is 0.416 e. The molecule has 2 fully saturated rings. The average molecular weight is 453 g/mol. The van der Waals surface area contributed by atoms with Crippen LogP contribution in [0.15, 0.2) is 29.1 Å². The van der Waals surface area contributed by atoms with Gasteiger partial charge in [-0.1, -0.05) is 6.07 Å². The fraction of sp³-hybridized carbons (Fsp3) is 0.571. The maximum Gasteiger partial charge on any atom is 0.416 e. The van der Waals surface area contributed by atoms with Gasteiger partial charge in [0.05, 0.1) is 18.7 Å². The molecule has 1 aliphatic heterocycles. The Hall–Kier alpha value is -2.82. The van der Waals surface area contributed by atoms with Gasteiger partial charge in [-0.05, 0) is 43.9 Å². The summed E-state index contributed by atoms with van der Waals surface area (Å²) >= 11 is 0. The van der Waals surface area contributed by atoms with Crippen LogP contribution >= 0.6 is 0 Å². The van der Waals surface area contributed by atoms with Crippen molar-refractivity contribution in [3.8, 4) is 0 Å². The average Bonchev–Trinajstić information content (AvgIpc) is 3.55. The number of piperidine rings is 1. The highest BCUT2D eigenvalue weighted by molar-refractivity contribution is 5.89. The van der Waals surface area contributed by atoms with Crippen LogP contribution in [0.5, 0.6) is 0 Å². The van der Waals surface area contributed by atoms with Crippen molar-refractivity contribution in [3.05, 3.63) is 46.1 Å². The number of nitrogens with zero attached hydrogens (tertiary/aromatic N) is 4. The third-order valence-electron chi connectivity index (χ3n) is 5.83. The molecule has 4 rings (SSSR count). The van der Waals surface area contributed by atoms with Gasteiger partial charge in [0, 0.05) is 37.8 Å². The predicted octanol–water partition coefficient (Wildman–Crippen LogP) is 3.46. The minimum Gasteiger partial charge on any atom is -0.383 e. The predicted molar refractivity (Wildman–Crippen MR) is 111 cm³/mol. The zero-order chi connectivity index (χ0) is 22.9. The number of carbonyl (C=O) groups excluding carboxylic acids is 1. The summed E-state index contributed by atoms with van der Waals surface area (Å²) in [4.78, 5) is 27.2. The van der Waals surface area contributed by atoms with Gasteiger partial charge in [0.2, 0.25) is 0 Å². The van der Waals surface area contributed by atoms with E-state index in [1.807, 2.05) is 0 Å². The summed E-state index contributed by atoms with van der Waals surface area (Å²) < 4.78 is 47.1. The van der Waals surface area contributed by atoms with E-state index in [-0.39, 0.29) is 23.3 Å². The first-order valence-electron chi connectivity index (χ1n) is 10.7. The molecule has 2 amide bonds. The first kappa shape index (κ1) is 22.4. The molecule has 1 N–H and O–H groups in total. The summed E-state index contributed by atoms with van der Waals surface area (Å²) in [6.45, 7) is 1.56. The van der Waals surface area contributed by atoms with Crippen LogP contribution < -0.4 is 11.0 Å². The van der Waals surface area contributed by atoms with Crippen molar-refractivity contribution in [2.45, 2.75) is 50.4 Å². The Morgan fingerprint density at radius 1 is 1.28 bits per heavy atom. The number of hydrogen-bond acceptors (Lipinski definition) is 4. The molecule has 1 aromatic carbocycles. The number of benzene rings is 1. The van der Waals surface area contributed by atoms with Crippen LogP contribution in [0, 0.1) is 0 Å². The van der Waals surface area contributed by atoms with Gasteiger partial charge in [0.15, 0.2) is 0 Å². The Labute approximate surface area is 183 Å². The van der Waals surface area contributed by atoms with Gasteiger partial charge in [0.1, 0.15) is 5.82 Å². The van der Waals surface area contributed by atoms with E-state index in [9.17, 15) is 22.8 Å². The summed E-state index contributed by atoms with van der Waals surface area (Å²) in [6.07, 6.45) is -1.14. The number of ether oxygens (including phenoxy) is 1. The molecular formula is C21H26F3N5O3. The number of alkyl halides is 3. The first-order chi connectivity index (χ1) is 15.3. The number of urea groups is 1. The zero-order valence-corrected chi connectivity index (χ0v) is 17.8. The molecule has 32 heavy (non-hydrogen) atoms. The number of carbonyl (C=O) groups is 1. The molecule has 1 aromatic heterocycles. The number of aromatic nitrogens is 3.